The van der Waals surface area contributed by atoms with E-state index in [4.69, 9.17) is 14.3 Å². The summed E-state index contributed by atoms with van der Waals surface area (Å²) in [7, 11) is 0. The molecule has 0 saturated carbocycles. The molecule has 2 saturated heterocycles. The zero-order chi connectivity index (χ0) is 23.4. The van der Waals surface area contributed by atoms with Gasteiger partial charge in [-0.15, -0.1) is 0 Å². The molecule has 7 heteroatoms. The third kappa shape index (κ3) is 5.16. The number of amides is 1. The van der Waals surface area contributed by atoms with Gasteiger partial charge in [-0.05, 0) is 48.7 Å². The highest BCUT2D eigenvalue weighted by Crippen LogP contribution is 2.40. The van der Waals surface area contributed by atoms with E-state index in [2.05, 4.69) is 22.5 Å². The van der Waals surface area contributed by atoms with Gasteiger partial charge in [0.05, 0.1) is 12.0 Å². The molecule has 1 spiro atoms. The number of rotatable bonds is 5. The van der Waals surface area contributed by atoms with Crippen LogP contribution in [-0.4, -0.2) is 43.3 Å². The molecule has 3 aliphatic heterocycles. The van der Waals surface area contributed by atoms with Gasteiger partial charge in [0.25, 0.3) is 5.91 Å². The van der Waals surface area contributed by atoms with Crippen LogP contribution >= 0.6 is 0 Å². The number of hydrogen-bond donors (Lipinski definition) is 1. The molecule has 0 aliphatic carbocycles. The lowest BCUT2D eigenvalue weighted by Gasteiger charge is -2.44. The zero-order valence-electron chi connectivity index (χ0n) is 19.2. The van der Waals surface area contributed by atoms with E-state index in [1.807, 2.05) is 30.3 Å². The van der Waals surface area contributed by atoms with Crippen molar-refractivity contribution in [3.8, 4) is 5.75 Å². The number of para-hydroxylation sites is 1. The van der Waals surface area contributed by atoms with Gasteiger partial charge in [0.15, 0.2) is 12.1 Å². The van der Waals surface area contributed by atoms with Crippen molar-refractivity contribution in [3.05, 3.63) is 65.7 Å². The lowest BCUT2D eigenvalue weighted by molar-refractivity contribution is -0.198. The number of ketones is 1. The quantitative estimate of drug-likeness (QED) is 0.528. The Morgan fingerprint density at radius 3 is 2.71 bits per heavy atom. The lowest BCUT2D eigenvalue weighted by Crippen LogP contribution is -2.51. The van der Waals surface area contributed by atoms with E-state index in [9.17, 15) is 9.59 Å². The van der Waals surface area contributed by atoms with Crippen LogP contribution in [0.15, 0.2) is 54.6 Å². The second-order valence-electron chi connectivity index (χ2n) is 9.18. The second-order valence-corrected chi connectivity index (χ2v) is 9.18. The van der Waals surface area contributed by atoms with Crippen molar-refractivity contribution in [1.82, 2.24) is 5.48 Å². The molecule has 2 aromatic carbocycles. The molecule has 2 fully saturated rings. The van der Waals surface area contributed by atoms with E-state index in [-0.39, 0.29) is 11.7 Å². The molecule has 0 aromatic heterocycles. The van der Waals surface area contributed by atoms with Crippen molar-refractivity contribution in [2.45, 2.75) is 50.4 Å². The van der Waals surface area contributed by atoms with Gasteiger partial charge in [-0.1, -0.05) is 24.3 Å². The Morgan fingerprint density at radius 1 is 1.12 bits per heavy atom. The molecule has 5 rings (SSSR count). The summed E-state index contributed by atoms with van der Waals surface area (Å²) in [5.74, 6) is 0.342. The summed E-state index contributed by atoms with van der Waals surface area (Å²) in [5.41, 5.74) is 4.50. The largest absolute Gasteiger partial charge is 0.486 e. The Labute approximate surface area is 199 Å². The fraction of sp³-hybridized carbons (Fsp3) is 0.407. The molecule has 1 amide bonds. The molecule has 7 nitrogen and oxygen atoms in total. The van der Waals surface area contributed by atoms with Gasteiger partial charge >= 0.3 is 0 Å². The topological polar surface area (TPSA) is 77.1 Å². The first kappa shape index (κ1) is 22.6. The minimum absolute atomic E-state index is 0.0897. The van der Waals surface area contributed by atoms with E-state index < -0.39 is 11.9 Å². The first-order chi connectivity index (χ1) is 16.6. The molecule has 3 heterocycles. The van der Waals surface area contributed by atoms with Crippen molar-refractivity contribution in [2.24, 2.45) is 0 Å². The van der Waals surface area contributed by atoms with Crippen LogP contribution in [0.2, 0.25) is 0 Å². The van der Waals surface area contributed by atoms with E-state index in [0.717, 1.165) is 50.8 Å². The van der Waals surface area contributed by atoms with Crippen molar-refractivity contribution >= 4 is 23.5 Å². The first-order valence-corrected chi connectivity index (χ1v) is 12.0. The van der Waals surface area contributed by atoms with Gasteiger partial charge in [-0.25, -0.2) is 10.3 Å². The Morgan fingerprint density at radius 2 is 1.94 bits per heavy atom. The maximum Gasteiger partial charge on any atom is 0.267 e. The van der Waals surface area contributed by atoms with E-state index in [1.54, 1.807) is 12.1 Å². The van der Waals surface area contributed by atoms with Crippen LogP contribution < -0.4 is 15.1 Å². The van der Waals surface area contributed by atoms with Crippen molar-refractivity contribution in [2.75, 3.05) is 24.6 Å². The van der Waals surface area contributed by atoms with Gasteiger partial charge < -0.3 is 14.4 Å². The van der Waals surface area contributed by atoms with Crippen LogP contribution in [0.3, 0.4) is 0 Å². The van der Waals surface area contributed by atoms with E-state index in [1.165, 1.54) is 11.8 Å². The van der Waals surface area contributed by atoms with E-state index >= 15 is 0 Å². The number of fused-ring (bicyclic) bond motifs is 1. The van der Waals surface area contributed by atoms with Crippen LogP contribution in [0.5, 0.6) is 5.75 Å². The third-order valence-corrected chi connectivity index (χ3v) is 6.77. The number of Topliss-reactive ketones (excluding diaryl/α,β-unsaturated/α-hetero) is 1. The van der Waals surface area contributed by atoms with E-state index in [0.29, 0.717) is 24.3 Å². The van der Waals surface area contributed by atoms with Gasteiger partial charge in [0, 0.05) is 50.7 Å². The average molecular weight is 463 g/mol. The number of hydroxylamine groups is 1. The minimum Gasteiger partial charge on any atom is -0.486 e. The summed E-state index contributed by atoms with van der Waals surface area (Å²) in [6.07, 6.45) is 7.45. The Bertz CT molecular complexity index is 1050. The summed E-state index contributed by atoms with van der Waals surface area (Å²) in [6.45, 7) is 2.36. The Kier molecular flexibility index (Phi) is 6.65. The molecule has 0 radical (unpaired) electrons. The number of hydrogen-bond acceptors (Lipinski definition) is 6. The predicted octanol–water partition coefficient (Wildman–Crippen LogP) is 4.28. The standard InChI is InChI=1S/C27H30N2O5/c30-23-19-27(13-15-29(16-14-27)21-6-2-1-3-7-21)33-24-11-9-20(18-22(23)24)10-12-25(31)28-34-26-8-4-5-17-32-26/h1-3,6-7,9-12,18,26H,4-5,8,13-17,19H2,(H,28,31). The number of piperidine rings is 1. The molecular weight excluding hydrogens is 432 g/mol. The lowest BCUT2D eigenvalue weighted by atomic mass is 9.82. The number of nitrogens with zero attached hydrogens (tertiary/aromatic N) is 1. The monoisotopic (exact) mass is 462 g/mol. The van der Waals surface area contributed by atoms with Gasteiger partial charge in [-0.2, -0.15) is 0 Å². The molecule has 1 unspecified atom stereocenters. The molecule has 1 N–H and O–H groups in total. The van der Waals surface area contributed by atoms with Crippen molar-refractivity contribution < 1.29 is 23.9 Å². The zero-order valence-corrected chi connectivity index (χ0v) is 19.2. The van der Waals surface area contributed by atoms with Crippen LogP contribution in [-0.2, 0) is 14.4 Å². The molecule has 0 bridgehead atoms. The summed E-state index contributed by atoms with van der Waals surface area (Å²) < 4.78 is 11.8. The molecule has 178 valence electrons. The van der Waals surface area contributed by atoms with Crippen LogP contribution in [0, 0.1) is 0 Å². The number of carbonyl (C=O) groups excluding carboxylic acids is 2. The second kappa shape index (κ2) is 9.99. The fourth-order valence-electron chi connectivity index (χ4n) is 4.84. The number of benzene rings is 2. The Hall–Kier alpha value is -3.16. The smallest absolute Gasteiger partial charge is 0.267 e. The molecule has 34 heavy (non-hydrogen) atoms. The Balaban J connectivity index is 1.19. The summed E-state index contributed by atoms with van der Waals surface area (Å²) in [4.78, 5) is 32.8. The first-order valence-electron chi connectivity index (χ1n) is 12.0. The number of anilines is 1. The minimum atomic E-state index is -0.439. The van der Waals surface area contributed by atoms with Crippen molar-refractivity contribution in [3.63, 3.8) is 0 Å². The van der Waals surface area contributed by atoms with Crippen LogP contribution in [0.25, 0.3) is 6.08 Å². The van der Waals surface area contributed by atoms with Crippen LogP contribution in [0.4, 0.5) is 5.69 Å². The summed E-state index contributed by atoms with van der Waals surface area (Å²) >= 11 is 0. The highest BCUT2D eigenvalue weighted by atomic mass is 16.8. The number of ether oxygens (including phenoxy) is 2. The highest BCUT2D eigenvalue weighted by molar-refractivity contribution is 6.01. The van der Waals surface area contributed by atoms with Crippen LogP contribution in [0.1, 0.15) is 54.4 Å². The van der Waals surface area contributed by atoms with Gasteiger partial charge in [-0.3, -0.25) is 9.59 Å². The SMILES string of the molecule is O=C(C=Cc1ccc2c(c1)C(=O)CC1(CCN(c3ccccc3)CC1)O2)NOC1CCCCO1. The summed E-state index contributed by atoms with van der Waals surface area (Å²) in [6, 6.07) is 15.8. The maximum absolute atomic E-state index is 13.0. The average Bonchev–Trinajstić information content (AvgIpc) is 2.88. The van der Waals surface area contributed by atoms with Crippen molar-refractivity contribution in [1.29, 1.82) is 0 Å². The third-order valence-electron chi connectivity index (χ3n) is 6.77. The van der Waals surface area contributed by atoms with Gasteiger partial charge in [0.2, 0.25) is 0 Å². The van der Waals surface area contributed by atoms with Gasteiger partial charge in [0.1, 0.15) is 11.4 Å². The predicted molar refractivity (Wildman–Crippen MR) is 128 cm³/mol. The number of carbonyl (C=O) groups is 2. The summed E-state index contributed by atoms with van der Waals surface area (Å²) in [5, 5.41) is 0. The number of nitrogens with one attached hydrogen (secondary N) is 1. The molecule has 2 aromatic rings. The maximum atomic E-state index is 13.0. The molecular formula is C27H30N2O5. The fourth-order valence-corrected chi connectivity index (χ4v) is 4.84. The normalized spacial score (nSPS) is 21.8. The molecule has 3 aliphatic rings. The highest BCUT2D eigenvalue weighted by Gasteiger charge is 2.43. The molecule has 1 atom stereocenters.